The Morgan fingerprint density at radius 3 is 2.46 bits per heavy atom. The second kappa shape index (κ2) is 7.06. The van der Waals surface area contributed by atoms with Gasteiger partial charge in [-0.2, -0.15) is 4.99 Å². The summed E-state index contributed by atoms with van der Waals surface area (Å²) in [5, 5.41) is 2.03. The molecule has 5 N–H and O–H groups in total. The van der Waals surface area contributed by atoms with Gasteiger partial charge >= 0.3 is 0 Å². The van der Waals surface area contributed by atoms with Crippen LogP contribution in [0.25, 0.3) is 0 Å². The average molecular weight is 420 g/mol. The maximum Gasteiger partial charge on any atom is 0.263 e. The van der Waals surface area contributed by atoms with Crippen LogP contribution in [-0.2, 0) is 10.0 Å². The van der Waals surface area contributed by atoms with E-state index in [0.717, 1.165) is 37.8 Å². The number of benzene rings is 1. The minimum Gasteiger partial charge on any atom is -0.369 e. The maximum atomic E-state index is 12.5. The standard InChI is InChI=1S/C17H21N7O2S2/c18-14-21-15(19)24(17(22-14)8-2-1-3-9-17)12-4-6-13(7-5-12)28(25,26)23-16-20-10-11-27-16/h4-7,10-11H,1-3,8-9H2,(H,20,23)(H4,18,19,21,22). The van der Waals surface area contributed by atoms with E-state index < -0.39 is 15.7 Å². The highest BCUT2D eigenvalue weighted by Gasteiger charge is 2.42. The molecule has 0 bridgehead atoms. The Kier molecular flexibility index (Phi) is 4.71. The number of rotatable bonds is 4. The zero-order valence-electron chi connectivity index (χ0n) is 15.1. The summed E-state index contributed by atoms with van der Waals surface area (Å²) in [6.07, 6.45) is 6.35. The molecule has 11 heteroatoms. The molecule has 28 heavy (non-hydrogen) atoms. The fourth-order valence-corrected chi connectivity index (χ4v) is 5.51. The summed E-state index contributed by atoms with van der Waals surface area (Å²) in [5.74, 6) is 0.452. The van der Waals surface area contributed by atoms with E-state index in [-0.39, 0.29) is 16.8 Å². The highest BCUT2D eigenvalue weighted by atomic mass is 32.2. The molecule has 1 aromatic heterocycles. The summed E-state index contributed by atoms with van der Waals surface area (Å²) in [6, 6.07) is 6.51. The van der Waals surface area contributed by atoms with E-state index in [2.05, 4.69) is 19.7 Å². The van der Waals surface area contributed by atoms with Crippen molar-refractivity contribution in [1.82, 2.24) is 4.98 Å². The minimum atomic E-state index is -3.72. The third kappa shape index (κ3) is 3.42. The van der Waals surface area contributed by atoms with Crippen LogP contribution in [-0.4, -0.2) is 31.0 Å². The van der Waals surface area contributed by atoms with Crippen LogP contribution in [0.4, 0.5) is 10.8 Å². The molecule has 1 aliphatic carbocycles. The van der Waals surface area contributed by atoms with Gasteiger partial charge in [0, 0.05) is 17.3 Å². The van der Waals surface area contributed by atoms with Gasteiger partial charge in [0.25, 0.3) is 10.0 Å². The molecule has 0 atom stereocenters. The van der Waals surface area contributed by atoms with Crippen molar-refractivity contribution in [3.05, 3.63) is 35.8 Å². The molecule has 2 aliphatic rings. The maximum absolute atomic E-state index is 12.5. The number of nitrogens with zero attached hydrogens (tertiary/aromatic N) is 4. The van der Waals surface area contributed by atoms with Crippen molar-refractivity contribution in [3.8, 4) is 0 Å². The van der Waals surface area contributed by atoms with Gasteiger partial charge in [-0.1, -0.05) is 6.42 Å². The lowest BCUT2D eigenvalue weighted by Gasteiger charge is -2.45. The molecule has 1 aliphatic heterocycles. The number of hydrogen-bond donors (Lipinski definition) is 3. The largest absolute Gasteiger partial charge is 0.369 e. The van der Waals surface area contributed by atoms with E-state index in [4.69, 9.17) is 11.5 Å². The second-order valence-electron chi connectivity index (χ2n) is 6.76. The van der Waals surface area contributed by atoms with Crippen LogP contribution in [0, 0.1) is 0 Å². The summed E-state index contributed by atoms with van der Waals surface area (Å²) in [7, 11) is -3.72. The molecule has 1 aromatic carbocycles. The molecule has 148 valence electrons. The van der Waals surface area contributed by atoms with Gasteiger partial charge in [0.05, 0.1) is 4.90 Å². The Balaban J connectivity index is 1.65. The molecule has 2 aromatic rings. The summed E-state index contributed by atoms with van der Waals surface area (Å²) in [6.45, 7) is 0. The number of nitrogens with two attached hydrogens (primary N) is 2. The van der Waals surface area contributed by atoms with Crippen molar-refractivity contribution in [2.75, 3.05) is 9.62 Å². The highest BCUT2D eigenvalue weighted by molar-refractivity contribution is 7.93. The number of sulfonamides is 1. The van der Waals surface area contributed by atoms with Crippen LogP contribution in [0.5, 0.6) is 0 Å². The van der Waals surface area contributed by atoms with E-state index in [1.165, 1.54) is 23.5 Å². The average Bonchev–Trinajstić information content (AvgIpc) is 3.14. The molecule has 1 fully saturated rings. The third-order valence-electron chi connectivity index (χ3n) is 4.91. The number of anilines is 2. The van der Waals surface area contributed by atoms with Crippen LogP contribution in [0.3, 0.4) is 0 Å². The van der Waals surface area contributed by atoms with Crippen molar-refractivity contribution < 1.29 is 8.42 Å². The molecule has 0 radical (unpaired) electrons. The first kappa shape index (κ1) is 18.7. The minimum absolute atomic E-state index is 0.139. The SMILES string of the molecule is NC1=NC2(CCCCC2)N(c2ccc(S(=O)(=O)Nc3nccs3)cc2)C(N)=N1. The lowest BCUT2D eigenvalue weighted by atomic mass is 9.87. The van der Waals surface area contributed by atoms with E-state index in [1.807, 2.05) is 4.90 Å². The van der Waals surface area contributed by atoms with E-state index in [1.54, 1.807) is 23.7 Å². The van der Waals surface area contributed by atoms with E-state index >= 15 is 0 Å². The van der Waals surface area contributed by atoms with Crippen molar-refractivity contribution in [3.63, 3.8) is 0 Å². The van der Waals surface area contributed by atoms with Gasteiger partial charge in [0.15, 0.2) is 5.13 Å². The Bertz CT molecular complexity index is 1010. The Morgan fingerprint density at radius 1 is 1.11 bits per heavy atom. The van der Waals surface area contributed by atoms with Crippen molar-refractivity contribution in [2.45, 2.75) is 42.7 Å². The fraction of sp³-hybridized carbons (Fsp3) is 0.353. The molecular weight excluding hydrogens is 398 g/mol. The molecule has 1 saturated carbocycles. The first-order chi connectivity index (χ1) is 13.4. The summed E-state index contributed by atoms with van der Waals surface area (Å²) < 4.78 is 27.6. The van der Waals surface area contributed by atoms with Gasteiger partial charge in [0.1, 0.15) is 5.66 Å². The molecule has 4 rings (SSSR count). The molecule has 1 spiro atoms. The van der Waals surface area contributed by atoms with Gasteiger partial charge in [0.2, 0.25) is 11.9 Å². The van der Waals surface area contributed by atoms with Gasteiger partial charge in [-0.25, -0.2) is 18.4 Å². The number of guanidine groups is 2. The molecule has 0 amide bonds. The number of aliphatic imine (C=N–C) groups is 2. The van der Waals surface area contributed by atoms with Gasteiger partial charge in [-0.3, -0.25) is 9.62 Å². The summed E-state index contributed by atoms with van der Waals surface area (Å²) >= 11 is 1.22. The molecule has 0 saturated heterocycles. The smallest absolute Gasteiger partial charge is 0.263 e. The molecular formula is C17H21N7O2S2. The van der Waals surface area contributed by atoms with Crippen LogP contribution in [0.1, 0.15) is 32.1 Å². The highest BCUT2D eigenvalue weighted by Crippen LogP contribution is 2.39. The number of thiazole rings is 1. The van der Waals surface area contributed by atoms with Crippen molar-refractivity contribution >= 4 is 44.1 Å². The predicted molar refractivity (Wildman–Crippen MR) is 111 cm³/mol. The van der Waals surface area contributed by atoms with Gasteiger partial charge in [-0.15, -0.1) is 11.3 Å². The molecule has 0 unspecified atom stereocenters. The van der Waals surface area contributed by atoms with Gasteiger partial charge < -0.3 is 11.5 Å². The van der Waals surface area contributed by atoms with Crippen LogP contribution in [0.2, 0.25) is 0 Å². The zero-order chi connectivity index (χ0) is 19.8. The normalized spacial score (nSPS) is 19.2. The molecule has 2 heterocycles. The van der Waals surface area contributed by atoms with E-state index in [0.29, 0.717) is 5.13 Å². The fourth-order valence-electron chi connectivity index (χ4n) is 3.72. The van der Waals surface area contributed by atoms with Gasteiger partial charge in [-0.05, 0) is 49.9 Å². The quantitative estimate of drug-likeness (QED) is 0.693. The Morgan fingerprint density at radius 2 is 1.82 bits per heavy atom. The predicted octanol–water partition coefficient (Wildman–Crippen LogP) is 2.05. The summed E-state index contributed by atoms with van der Waals surface area (Å²) in [4.78, 5) is 14.7. The number of hydrogen-bond acceptors (Lipinski definition) is 9. The second-order valence-corrected chi connectivity index (χ2v) is 9.33. The number of nitrogens with one attached hydrogen (secondary N) is 1. The number of aromatic nitrogens is 1. The van der Waals surface area contributed by atoms with Crippen molar-refractivity contribution in [2.24, 2.45) is 21.5 Å². The van der Waals surface area contributed by atoms with Crippen molar-refractivity contribution in [1.29, 1.82) is 0 Å². The first-order valence-electron chi connectivity index (χ1n) is 8.92. The first-order valence-corrected chi connectivity index (χ1v) is 11.3. The summed E-state index contributed by atoms with van der Waals surface area (Å²) in [5.41, 5.74) is 12.2. The zero-order valence-corrected chi connectivity index (χ0v) is 16.7. The lowest BCUT2D eigenvalue weighted by molar-refractivity contribution is 0.305. The Hall–Kier alpha value is -2.66. The Labute approximate surface area is 167 Å². The topological polar surface area (TPSA) is 139 Å². The van der Waals surface area contributed by atoms with E-state index in [9.17, 15) is 8.42 Å². The van der Waals surface area contributed by atoms with Crippen LogP contribution < -0.4 is 21.1 Å². The molecule has 9 nitrogen and oxygen atoms in total. The monoisotopic (exact) mass is 419 g/mol. The lowest BCUT2D eigenvalue weighted by Crippen LogP contribution is -2.58. The van der Waals surface area contributed by atoms with Crippen LogP contribution in [0.15, 0.2) is 50.7 Å². The van der Waals surface area contributed by atoms with Crippen LogP contribution >= 0.6 is 11.3 Å². The third-order valence-corrected chi connectivity index (χ3v) is 7.08.